The molecule has 0 aromatic heterocycles. The van der Waals surface area contributed by atoms with Crippen molar-refractivity contribution in [2.45, 2.75) is 32.6 Å². The smallest absolute Gasteiger partial charge is 0.341 e. The molecule has 2 unspecified atom stereocenters. The van der Waals surface area contributed by atoms with E-state index in [1.165, 1.54) is 0 Å². The second-order valence-corrected chi connectivity index (χ2v) is 6.99. The zero-order valence-corrected chi connectivity index (χ0v) is 16.6. The highest BCUT2D eigenvalue weighted by molar-refractivity contribution is 5.93. The largest absolute Gasteiger partial charge is 0.507 e. The zero-order chi connectivity index (χ0) is 20.1. The molecule has 0 bridgehead atoms. The summed E-state index contributed by atoms with van der Waals surface area (Å²) in [6, 6.07) is 23.9. The molecule has 0 aliphatic heterocycles. The maximum atomic E-state index is 12.5. The van der Waals surface area contributed by atoms with Crippen LogP contribution in [0.25, 0.3) is 0 Å². The standard InChI is InChI=1S/C25H26O3/c1-4-28-25(27)23-16-21(17(2)19-11-7-5-8-12-19)15-22(24(23)26)18(3)20-13-9-6-10-14-20/h5-18,26H,4H2,1-3H3. The Morgan fingerprint density at radius 1 is 0.857 bits per heavy atom. The monoisotopic (exact) mass is 374 g/mol. The Hall–Kier alpha value is -3.07. The van der Waals surface area contributed by atoms with Crippen LogP contribution < -0.4 is 0 Å². The van der Waals surface area contributed by atoms with E-state index in [0.717, 1.165) is 22.3 Å². The molecular formula is C25H26O3. The van der Waals surface area contributed by atoms with E-state index < -0.39 is 5.97 Å². The van der Waals surface area contributed by atoms with Gasteiger partial charge in [-0.2, -0.15) is 0 Å². The highest BCUT2D eigenvalue weighted by Gasteiger charge is 2.23. The Morgan fingerprint density at radius 2 is 1.39 bits per heavy atom. The minimum atomic E-state index is -0.497. The fourth-order valence-corrected chi connectivity index (χ4v) is 3.48. The highest BCUT2D eigenvalue weighted by atomic mass is 16.5. The summed E-state index contributed by atoms with van der Waals surface area (Å²) in [5, 5.41) is 10.9. The SMILES string of the molecule is CCOC(=O)c1cc(C(C)c2ccccc2)cc(C(C)c2ccccc2)c1O. The number of phenolic OH excluding ortho intramolecular Hbond substituents is 1. The average Bonchev–Trinajstić information content (AvgIpc) is 2.74. The molecule has 0 radical (unpaired) electrons. The molecule has 3 aromatic rings. The normalized spacial score (nSPS) is 13.0. The maximum absolute atomic E-state index is 12.5. The summed E-state index contributed by atoms with van der Waals surface area (Å²) in [5.74, 6) is -0.476. The molecule has 144 valence electrons. The number of hydrogen-bond acceptors (Lipinski definition) is 3. The van der Waals surface area contributed by atoms with Crippen LogP contribution >= 0.6 is 0 Å². The lowest BCUT2D eigenvalue weighted by Crippen LogP contribution is -2.10. The fourth-order valence-electron chi connectivity index (χ4n) is 3.48. The zero-order valence-electron chi connectivity index (χ0n) is 16.6. The number of rotatable bonds is 6. The Bertz CT molecular complexity index is 933. The van der Waals surface area contributed by atoms with Crippen molar-refractivity contribution in [3.63, 3.8) is 0 Å². The van der Waals surface area contributed by atoms with Gasteiger partial charge >= 0.3 is 5.97 Å². The Morgan fingerprint density at radius 3 is 1.93 bits per heavy atom. The van der Waals surface area contributed by atoms with Gasteiger partial charge < -0.3 is 9.84 Å². The molecule has 3 heteroatoms. The summed E-state index contributed by atoms with van der Waals surface area (Å²) in [4.78, 5) is 12.5. The second-order valence-electron chi connectivity index (χ2n) is 6.99. The Labute approximate surface area is 166 Å². The van der Waals surface area contributed by atoms with Crippen LogP contribution in [0.5, 0.6) is 5.75 Å². The van der Waals surface area contributed by atoms with Crippen molar-refractivity contribution < 1.29 is 14.6 Å². The number of aromatic hydroxyl groups is 1. The first-order valence-electron chi connectivity index (χ1n) is 9.66. The molecule has 28 heavy (non-hydrogen) atoms. The lowest BCUT2D eigenvalue weighted by molar-refractivity contribution is 0.0522. The van der Waals surface area contributed by atoms with Crippen molar-refractivity contribution in [3.05, 3.63) is 101 Å². The van der Waals surface area contributed by atoms with Gasteiger partial charge in [0.05, 0.1) is 6.61 Å². The molecule has 0 aliphatic carbocycles. The first kappa shape index (κ1) is 19.7. The molecule has 0 spiro atoms. The molecule has 3 nitrogen and oxygen atoms in total. The quantitative estimate of drug-likeness (QED) is 0.549. The van der Waals surface area contributed by atoms with Crippen molar-refractivity contribution >= 4 is 5.97 Å². The van der Waals surface area contributed by atoms with Crippen LogP contribution in [0.4, 0.5) is 0 Å². The number of esters is 1. The fraction of sp³-hybridized carbons (Fsp3) is 0.240. The van der Waals surface area contributed by atoms with Crippen molar-refractivity contribution in [3.8, 4) is 5.75 Å². The maximum Gasteiger partial charge on any atom is 0.341 e. The summed E-state index contributed by atoms with van der Waals surface area (Å²) in [5.41, 5.74) is 4.16. The third-order valence-corrected chi connectivity index (χ3v) is 5.22. The molecule has 0 saturated carbocycles. The number of phenols is 1. The van der Waals surface area contributed by atoms with E-state index in [1.54, 1.807) is 13.0 Å². The molecule has 0 aliphatic rings. The van der Waals surface area contributed by atoms with Crippen molar-refractivity contribution in [1.29, 1.82) is 0 Å². The molecule has 0 saturated heterocycles. The predicted molar refractivity (Wildman–Crippen MR) is 112 cm³/mol. The molecule has 3 aromatic carbocycles. The van der Waals surface area contributed by atoms with Crippen LogP contribution in [0.1, 0.15) is 65.2 Å². The molecule has 3 rings (SSSR count). The minimum Gasteiger partial charge on any atom is -0.507 e. The van der Waals surface area contributed by atoms with Gasteiger partial charge in [-0.1, -0.05) is 80.6 Å². The Balaban J connectivity index is 2.12. The van der Waals surface area contributed by atoms with Crippen LogP contribution in [0.2, 0.25) is 0 Å². The molecule has 0 fully saturated rings. The molecule has 2 atom stereocenters. The van der Waals surface area contributed by atoms with Crippen LogP contribution in [0.15, 0.2) is 72.8 Å². The van der Waals surface area contributed by atoms with E-state index in [-0.39, 0.29) is 29.8 Å². The lowest BCUT2D eigenvalue weighted by Gasteiger charge is -2.21. The third-order valence-electron chi connectivity index (χ3n) is 5.22. The average molecular weight is 374 g/mol. The first-order valence-corrected chi connectivity index (χ1v) is 9.66. The van der Waals surface area contributed by atoms with E-state index in [4.69, 9.17) is 4.74 Å². The number of hydrogen-bond donors (Lipinski definition) is 1. The van der Waals surface area contributed by atoms with Crippen molar-refractivity contribution in [1.82, 2.24) is 0 Å². The van der Waals surface area contributed by atoms with Crippen LogP contribution in [-0.4, -0.2) is 17.7 Å². The van der Waals surface area contributed by atoms with Crippen LogP contribution in [0.3, 0.4) is 0 Å². The first-order chi connectivity index (χ1) is 13.5. The summed E-state index contributed by atoms with van der Waals surface area (Å²) in [7, 11) is 0. The summed E-state index contributed by atoms with van der Waals surface area (Å²) in [6.07, 6.45) is 0. The number of benzene rings is 3. The predicted octanol–water partition coefficient (Wildman–Crippen LogP) is 5.87. The molecular weight excluding hydrogens is 348 g/mol. The van der Waals surface area contributed by atoms with Gasteiger partial charge in [0.1, 0.15) is 11.3 Å². The van der Waals surface area contributed by atoms with Gasteiger partial charge in [0.15, 0.2) is 0 Å². The van der Waals surface area contributed by atoms with Crippen LogP contribution in [0, 0.1) is 0 Å². The van der Waals surface area contributed by atoms with E-state index in [1.807, 2.05) is 61.5 Å². The molecule has 1 N–H and O–H groups in total. The molecule has 0 amide bonds. The van der Waals surface area contributed by atoms with E-state index in [0.29, 0.717) is 0 Å². The number of carbonyl (C=O) groups excluding carboxylic acids is 1. The van der Waals surface area contributed by atoms with Gasteiger partial charge in [0.2, 0.25) is 0 Å². The summed E-state index contributed by atoms with van der Waals surface area (Å²) < 4.78 is 5.19. The van der Waals surface area contributed by atoms with E-state index >= 15 is 0 Å². The highest BCUT2D eigenvalue weighted by Crippen LogP contribution is 2.38. The van der Waals surface area contributed by atoms with Crippen LogP contribution in [-0.2, 0) is 4.74 Å². The molecule has 0 heterocycles. The van der Waals surface area contributed by atoms with Gasteiger partial charge in [-0.3, -0.25) is 0 Å². The van der Waals surface area contributed by atoms with Crippen molar-refractivity contribution in [2.24, 2.45) is 0 Å². The second kappa shape index (κ2) is 8.75. The number of carbonyl (C=O) groups is 1. The van der Waals surface area contributed by atoms with E-state index in [9.17, 15) is 9.90 Å². The van der Waals surface area contributed by atoms with Gasteiger partial charge in [-0.15, -0.1) is 0 Å². The summed E-state index contributed by atoms with van der Waals surface area (Å²) in [6.45, 7) is 6.17. The third kappa shape index (κ3) is 4.09. The Kier molecular flexibility index (Phi) is 6.15. The lowest BCUT2D eigenvalue weighted by atomic mass is 9.85. The summed E-state index contributed by atoms with van der Waals surface area (Å²) >= 11 is 0. The van der Waals surface area contributed by atoms with Gasteiger partial charge in [-0.05, 0) is 29.7 Å². The topological polar surface area (TPSA) is 46.5 Å². The van der Waals surface area contributed by atoms with Gasteiger partial charge in [0, 0.05) is 17.4 Å². The van der Waals surface area contributed by atoms with E-state index in [2.05, 4.69) is 19.1 Å². The number of ether oxygens (including phenoxy) is 1. The van der Waals surface area contributed by atoms with Crippen molar-refractivity contribution in [2.75, 3.05) is 6.61 Å². The minimum absolute atomic E-state index is 0.00110. The van der Waals surface area contributed by atoms with Gasteiger partial charge in [0.25, 0.3) is 0 Å². The van der Waals surface area contributed by atoms with Gasteiger partial charge in [-0.25, -0.2) is 4.79 Å².